The maximum atomic E-state index is 12.1. The summed E-state index contributed by atoms with van der Waals surface area (Å²) in [5.41, 5.74) is 1.07. The molecule has 0 atom stereocenters. The van der Waals surface area contributed by atoms with E-state index in [4.69, 9.17) is 14.2 Å². The summed E-state index contributed by atoms with van der Waals surface area (Å²) in [7, 11) is 1.51. The molecule has 2 aromatic carbocycles. The van der Waals surface area contributed by atoms with E-state index in [0.29, 0.717) is 29.2 Å². The molecule has 2 rings (SSSR count). The number of Topliss-reactive ketones (excluding diaryl/α,β-unsaturated/α-hetero) is 1. The van der Waals surface area contributed by atoms with Gasteiger partial charge in [0.05, 0.1) is 18.6 Å². The van der Waals surface area contributed by atoms with E-state index < -0.39 is 23.3 Å². The van der Waals surface area contributed by atoms with Gasteiger partial charge in [0.1, 0.15) is 0 Å². The van der Waals surface area contributed by atoms with Crippen molar-refractivity contribution in [2.75, 3.05) is 20.3 Å². The number of methoxy groups -OCH3 is 1. The van der Waals surface area contributed by atoms with Gasteiger partial charge < -0.3 is 14.2 Å². The highest BCUT2D eigenvalue weighted by Gasteiger charge is 2.16. The Kier molecular flexibility index (Phi) is 7.47. The second-order valence-corrected chi connectivity index (χ2v) is 5.97. The van der Waals surface area contributed by atoms with E-state index in [2.05, 4.69) is 0 Å². The van der Waals surface area contributed by atoms with E-state index >= 15 is 0 Å². The predicted molar refractivity (Wildman–Crippen MR) is 106 cm³/mol. The van der Waals surface area contributed by atoms with Crippen LogP contribution in [-0.2, 0) is 9.53 Å². The first-order valence-electron chi connectivity index (χ1n) is 8.79. The second kappa shape index (κ2) is 10.0. The number of nitro groups is 1. The summed E-state index contributed by atoms with van der Waals surface area (Å²) in [6.07, 6.45) is 2.70. The molecule has 0 spiro atoms. The number of hydrogen-bond acceptors (Lipinski definition) is 7. The van der Waals surface area contributed by atoms with Crippen molar-refractivity contribution >= 4 is 23.5 Å². The Labute approximate surface area is 167 Å². The van der Waals surface area contributed by atoms with E-state index in [0.717, 1.165) is 0 Å². The molecule has 0 unspecified atom stereocenters. The molecule has 29 heavy (non-hydrogen) atoms. The Bertz CT molecular complexity index is 950. The number of ether oxygens (including phenoxy) is 3. The number of carbonyl (C=O) groups is 2. The zero-order chi connectivity index (χ0) is 21.4. The molecule has 0 heterocycles. The minimum Gasteiger partial charge on any atom is -0.493 e. The molecule has 0 bridgehead atoms. The van der Waals surface area contributed by atoms with Crippen LogP contribution in [0.1, 0.15) is 28.4 Å². The lowest BCUT2D eigenvalue weighted by molar-refractivity contribution is -0.385. The first kappa shape index (κ1) is 21.6. The summed E-state index contributed by atoms with van der Waals surface area (Å²) in [6.45, 7) is 3.42. The number of carbonyl (C=O) groups excluding carboxylic acids is 2. The van der Waals surface area contributed by atoms with Crippen molar-refractivity contribution in [3.05, 3.63) is 69.3 Å². The largest absolute Gasteiger partial charge is 0.493 e. The van der Waals surface area contributed by atoms with E-state index in [1.54, 1.807) is 25.1 Å². The number of nitro benzene ring substituents is 1. The molecule has 8 heteroatoms. The molecule has 8 nitrogen and oxygen atoms in total. The van der Waals surface area contributed by atoms with Crippen LogP contribution < -0.4 is 9.47 Å². The van der Waals surface area contributed by atoms with Gasteiger partial charge in [0.15, 0.2) is 18.1 Å². The fourth-order valence-electron chi connectivity index (χ4n) is 2.47. The van der Waals surface area contributed by atoms with Gasteiger partial charge in [-0.25, -0.2) is 4.79 Å². The fourth-order valence-corrected chi connectivity index (χ4v) is 2.47. The minimum absolute atomic E-state index is 0.107. The highest BCUT2D eigenvalue weighted by Crippen LogP contribution is 2.28. The van der Waals surface area contributed by atoms with Crippen molar-refractivity contribution in [3.8, 4) is 11.5 Å². The number of nitrogens with zero attached hydrogens (tertiary/aromatic N) is 1. The van der Waals surface area contributed by atoms with Crippen LogP contribution >= 0.6 is 0 Å². The van der Waals surface area contributed by atoms with Gasteiger partial charge in [0.25, 0.3) is 5.69 Å². The molecule has 0 saturated carbocycles. The van der Waals surface area contributed by atoms with Gasteiger partial charge in [0.2, 0.25) is 5.78 Å². The fraction of sp³-hybridized carbons (Fsp3) is 0.238. The highest BCUT2D eigenvalue weighted by molar-refractivity contribution is 5.99. The topological polar surface area (TPSA) is 105 Å². The Morgan fingerprint density at radius 3 is 2.55 bits per heavy atom. The van der Waals surface area contributed by atoms with Crippen molar-refractivity contribution in [1.29, 1.82) is 0 Å². The standard InChI is InChI=1S/C21H21NO7/c1-4-28-19-9-6-15(11-20(19)27-3)7-10-21(24)29-13-18(23)16-8-5-14(2)17(12-16)22(25)26/h5-12H,4,13H2,1-3H3/b10-7+. The summed E-state index contributed by atoms with van der Waals surface area (Å²) < 4.78 is 15.6. The number of ketones is 1. The average molecular weight is 399 g/mol. The average Bonchev–Trinajstić information content (AvgIpc) is 2.71. The van der Waals surface area contributed by atoms with Crippen molar-refractivity contribution in [2.45, 2.75) is 13.8 Å². The monoisotopic (exact) mass is 399 g/mol. The van der Waals surface area contributed by atoms with Crippen LogP contribution in [0.2, 0.25) is 0 Å². The summed E-state index contributed by atoms with van der Waals surface area (Å²) in [4.78, 5) is 34.4. The molecular formula is C21H21NO7. The maximum absolute atomic E-state index is 12.1. The molecular weight excluding hydrogens is 378 g/mol. The normalized spacial score (nSPS) is 10.6. The molecule has 0 amide bonds. The molecule has 0 N–H and O–H groups in total. The Morgan fingerprint density at radius 1 is 1.14 bits per heavy atom. The highest BCUT2D eigenvalue weighted by atomic mass is 16.6. The number of rotatable bonds is 9. The Hall–Kier alpha value is -3.68. The number of benzene rings is 2. The zero-order valence-corrected chi connectivity index (χ0v) is 16.3. The summed E-state index contributed by atoms with van der Waals surface area (Å²) >= 11 is 0. The summed E-state index contributed by atoms with van der Waals surface area (Å²) in [6, 6.07) is 9.28. The van der Waals surface area contributed by atoms with Crippen LogP contribution in [-0.4, -0.2) is 37.0 Å². The molecule has 152 valence electrons. The van der Waals surface area contributed by atoms with Gasteiger partial charge in [-0.3, -0.25) is 14.9 Å². The van der Waals surface area contributed by atoms with Crippen LogP contribution in [0.5, 0.6) is 11.5 Å². The van der Waals surface area contributed by atoms with Gasteiger partial charge in [-0.15, -0.1) is 0 Å². The third kappa shape index (κ3) is 5.90. The lowest BCUT2D eigenvalue weighted by Gasteiger charge is -2.09. The molecule has 2 aromatic rings. The first-order valence-corrected chi connectivity index (χ1v) is 8.79. The SMILES string of the molecule is CCOc1ccc(/C=C/C(=O)OCC(=O)c2ccc(C)c([N+](=O)[O-])c2)cc1OC. The van der Waals surface area contributed by atoms with Gasteiger partial charge in [-0.05, 0) is 37.6 Å². The van der Waals surface area contributed by atoms with E-state index in [-0.39, 0.29) is 11.3 Å². The van der Waals surface area contributed by atoms with Crippen LogP contribution in [0.3, 0.4) is 0 Å². The quantitative estimate of drug-likeness (QED) is 0.208. The number of esters is 1. The zero-order valence-electron chi connectivity index (χ0n) is 16.3. The van der Waals surface area contributed by atoms with Crippen molar-refractivity contribution < 1.29 is 28.7 Å². The van der Waals surface area contributed by atoms with Crippen LogP contribution in [0.4, 0.5) is 5.69 Å². The van der Waals surface area contributed by atoms with Gasteiger partial charge in [-0.2, -0.15) is 0 Å². The minimum atomic E-state index is -0.715. The van der Waals surface area contributed by atoms with Crippen LogP contribution in [0, 0.1) is 17.0 Å². The predicted octanol–water partition coefficient (Wildman–Crippen LogP) is 3.75. The lowest BCUT2D eigenvalue weighted by atomic mass is 10.1. The van der Waals surface area contributed by atoms with E-state index in [1.807, 2.05) is 6.92 Å². The Morgan fingerprint density at radius 2 is 1.90 bits per heavy atom. The van der Waals surface area contributed by atoms with Crippen molar-refractivity contribution in [2.24, 2.45) is 0 Å². The van der Waals surface area contributed by atoms with Gasteiger partial charge in [0, 0.05) is 23.3 Å². The molecule has 0 aromatic heterocycles. The second-order valence-electron chi connectivity index (χ2n) is 5.97. The van der Waals surface area contributed by atoms with E-state index in [1.165, 1.54) is 37.5 Å². The van der Waals surface area contributed by atoms with Crippen LogP contribution in [0.25, 0.3) is 6.08 Å². The molecule has 0 radical (unpaired) electrons. The maximum Gasteiger partial charge on any atom is 0.331 e. The van der Waals surface area contributed by atoms with Crippen molar-refractivity contribution in [1.82, 2.24) is 0 Å². The molecule has 0 aliphatic rings. The van der Waals surface area contributed by atoms with Gasteiger partial charge >= 0.3 is 5.97 Å². The number of hydrogen-bond donors (Lipinski definition) is 0. The molecule has 0 aliphatic heterocycles. The smallest absolute Gasteiger partial charge is 0.331 e. The molecule has 0 aliphatic carbocycles. The van der Waals surface area contributed by atoms with Crippen LogP contribution in [0.15, 0.2) is 42.5 Å². The first-order chi connectivity index (χ1) is 13.8. The third-order valence-corrected chi connectivity index (χ3v) is 3.97. The molecule has 0 fully saturated rings. The Balaban J connectivity index is 1.98. The lowest BCUT2D eigenvalue weighted by Crippen LogP contribution is -2.13. The number of aryl methyl sites for hydroxylation is 1. The van der Waals surface area contributed by atoms with Gasteiger partial charge in [-0.1, -0.05) is 18.2 Å². The molecule has 0 saturated heterocycles. The summed E-state index contributed by atoms with van der Waals surface area (Å²) in [5, 5.41) is 11.0. The third-order valence-electron chi connectivity index (χ3n) is 3.97. The van der Waals surface area contributed by atoms with Crippen molar-refractivity contribution in [3.63, 3.8) is 0 Å². The van der Waals surface area contributed by atoms with E-state index in [9.17, 15) is 19.7 Å². The summed E-state index contributed by atoms with van der Waals surface area (Å²) in [5.74, 6) is -0.128.